The van der Waals surface area contributed by atoms with Crippen LogP contribution in [0.4, 0.5) is 24.5 Å². The Morgan fingerprint density at radius 3 is 2.64 bits per heavy atom. The zero-order chi connectivity index (χ0) is 18.2. The van der Waals surface area contributed by atoms with E-state index in [0.717, 1.165) is 6.07 Å². The van der Waals surface area contributed by atoms with Crippen molar-refractivity contribution in [2.24, 2.45) is 0 Å². The van der Waals surface area contributed by atoms with Gasteiger partial charge in [-0.15, -0.1) is 0 Å². The fraction of sp³-hybridized carbons (Fsp3) is 0.176. The van der Waals surface area contributed by atoms with Gasteiger partial charge < -0.3 is 10.6 Å². The highest BCUT2D eigenvalue weighted by Gasteiger charge is 2.34. The van der Waals surface area contributed by atoms with Crippen molar-refractivity contribution in [1.82, 2.24) is 0 Å². The summed E-state index contributed by atoms with van der Waals surface area (Å²) < 4.78 is 38.8. The van der Waals surface area contributed by atoms with Crippen molar-refractivity contribution in [2.45, 2.75) is 18.5 Å². The first-order chi connectivity index (χ1) is 11.8. The smallest absolute Gasteiger partial charge is 0.326 e. The molecule has 0 radical (unpaired) electrons. The van der Waals surface area contributed by atoms with E-state index < -0.39 is 23.6 Å². The molecule has 0 aromatic heterocycles. The van der Waals surface area contributed by atoms with Crippen molar-refractivity contribution in [3.05, 3.63) is 58.1 Å². The first-order valence-corrected chi connectivity index (χ1v) is 8.11. The van der Waals surface area contributed by atoms with Gasteiger partial charge in [0.15, 0.2) is 0 Å². The number of para-hydroxylation sites is 1. The normalized spacial score (nSPS) is 16.8. The highest BCUT2D eigenvalue weighted by Crippen LogP contribution is 2.37. The minimum absolute atomic E-state index is 0.0176. The summed E-state index contributed by atoms with van der Waals surface area (Å²) in [6, 6.07) is 10.3. The SMILES string of the molecule is O=C1CC(C(=O)Nc2ccc(Br)c(C(F)(F)F)c2)c2ccccc2N1. The molecule has 4 nitrogen and oxygen atoms in total. The minimum atomic E-state index is -4.54. The summed E-state index contributed by atoms with van der Waals surface area (Å²) in [4.78, 5) is 24.3. The summed E-state index contributed by atoms with van der Waals surface area (Å²) in [6.45, 7) is 0. The van der Waals surface area contributed by atoms with Gasteiger partial charge in [0.25, 0.3) is 0 Å². The van der Waals surface area contributed by atoms with Crippen LogP contribution < -0.4 is 10.6 Å². The number of carbonyl (C=O) groups excluding carboxylic acids is 2. The molecule has 2 N–H and O–H groups in total. The Morgan fingerprint density at radius 2 is 1.92 bits per heavy atom. The van der Waals surface area contributed by atoms with Crippen LogP contribution in [0.15, 0.2) is 46.9 Å². The molecule has 0 fully saturated rings. The number of halogens is 4. The predicted octanol–water partition coefficient (Wildman–Crippen LogP) is 4.53. The number of nitrogens with one attached hydrogen (secondary N) is 2. The number of hydrogen-bond acceptors (Lipinski definition) is 2. The van der Waals surface area contributed by atoms with Crippen molar-refractivity contribution in [2.75, 3.05) is 10.6 Å². The molecule has 1 atom stereocenters. The lowest BCUT2D eigenvalue weighted by Crippen LogP contribution is -2.30. The van der Waals surface area contributed by atoms with Gasteiger partial charge in [0.2, 0.25) is 11.8 Å². The Morgan fingerprint density at radius 1 is 1.20 bits per heavy atom. The van der Waals surface area contributed by atoms with Crippen LogP contribution >= 0.6 is 15.9 Å². The standard InChI is InChI=1S/C17H12BrF3N2O2/c18-13-6-5-9(7-12(13)17(19,20)21)22-16(25)11-8-15(24)23-14-4-2-1-3-10(11)14/h1-7,11H,8H2,(H,22,25)(H,23,24). The number of carbonyl (C=O) groups is 2. The molecule has 8 heteroatoms. The number of fused-ring (bicyclic) bond motifs is 1. The molecule has 1 aliphatic rings. The van der Waals surface area contributed by atoms with Gasteiger partial charge in [0.05, 0.1) is 11.5 Å². The lowest BCUT2D eigenvalue weighted by atomic mass is 9.90. The van der Waals surface area contributed by atoms with Gasteiger partial charge in [0, 0.05) is 22.3 Å². The molecule has 130 valence electrons. The average molecular weight is 413 g/mol. The van der Waals surface area contributed by atoms with E-state index in [2.05, 4.69) is 26.6 Å². The predicted molar refractivity (Wildman–Crippen MR) is 90.2 cm³/mol. The molecular formula is C17H12BrF3N2O2. The van der Waals surface area contributed by atoms with Crippen LogP contribution in [0.5, 0.6) is 0 Å². The van der Waals surface area contributed by atoms with Crippen LogP contribution in [0.1, 0.15) is 23.5 Å². The van der Waals surface area contributed by atoms with Gasteiger partial charge in [-0.2, -0.15) is 13.2 Å². The average Bonchev–Trinajstić information content (AvgIpc) is 2.54. The zero-order valence-electron chi connectivity index (χ0n) is 12.7. The molecule has 1 aliphatic heterocycles. The van der Waals surface area contributed by atoms with Crippen molar-refractivity contribution in [3.8, 4) is 0 Å². The quantitative estimate of drug-likeness (QED) is 0.760. The molecular weight excluding hydrogens is 401 g/mol. The van der Waals surface area contributed by atoms with Gasteiger partial charge in [-0.1, -0.05) is 34.1 Å². The van der Waals surface area contributed by atoms with Crippen molar-refractivity contribution in [3.63, 3.8) is 0 Å². The zero-order valence-corrected chi connectivity index (χ0v) is 14.2. The van der Waals surface area contributed by atoms with Crippen molar-refractivity contribution in [1.29, 1.82) is 0 Å². The summed E-state index contributed by atoms with van der Waals surface area (Å²) in [5.74, 6) is -1.61. The monoisotopic (exact) mass is 412 g/mol. The van der Waals surface area contributed by atoms with E-state index >= 15 is 0 Å². The molecule has 0 spiro atoms. The van der Waals surface area contributed by atoms with Crippen LogP contribution in [0.25, 0.3) is 0 Å². The molecule has 0 aliphatic carbocycles. The Bertz CT molecular complexity index is 852. The summed E-state index contributed by atoms with van der Waals surface area (Å²) >= 11 is 2.85. The molecule has 1 heterocycles. The van der Waals surface area contributed by atoms with E-state index in [1.54, 1.807) is 24.3 Å². The van der Waals surface area contributed by atoms with E-state index in [1.165, 1.54) is 12.1 Å². The second-order valence-corrected chi connectivity index (χ2v) is 6.43. The Labute approximate surface area is 149 Å². The molecule has 2 amide bonds. The first-order valence-electron chi connectivity index (χ1n) is 7.32. The van der Waals surface area contributed by atoms with Crippen molar-refractivity contribution >= 4 is 39.1 Å². The number of benzene rings is 2. The summed E-state index contributed by atoms with van der Waals surface area (Å²) in [5, 5.41) is 5.14. The fourth-order valence-corrected chi connectivity index (χ4v) is 3.17. The maximum absolute atomic E-state index is 13.0. The first kappa shape index (κ1) is 17.5. The molecule has 2 aromatic carbocycles. The number of alkyl halides is 3. The van der Waals surface area contributed by atoms with Crippen molar-refractivity contribution < 1.29 is 22.8 Å². The molecule has 3 rings (SSSR count). The van der Waals surface area contributed by atoms with E-state index in [4.69, 9.17) is 0 Å². The summed E-state index contributed by atoms with van der Waals surface area (Å²) in [6.07, 6.45) is -4.61. The van der Waals surface area contributed by atoms with Gasteiger partial charge in [-0.05, 0) is 29.8 Å². The second kappa shape index (κ2) is 6.51. The van der Waals surface area contributed by atoms with Gasteiger partial charge in [-0.3, -0.25) is 9.59 Å². The molecule has 0 bridgehead atoms. The molecule has 1 unspecified atom stereocenters. The van der Waals surface area contributed by atoms with Gasteiger partial charge in [0.1, 0.15) is 0 Å². The second-order valence-electron chi connectivity index (χ2n) is 5.57. The lowest BCUT2D eigenvalue weighted by molar-refractivity contribution is -0.138. The van der Waals surface area contributed by atoms with E-state index in [9.17, 15) is 22.8 Å². The van der Waals surface area contributed by atoms with Gasteiger partial charge >= 0.3 is 6.18 Å². The third kappa shape index (κ3) is 3.68. The number of anilines is 2. The topological polar surface area (TPSA) is 58.2 Å². The molecule has 2 aromatic rings. The van der Waals surface area contributed by atoms with E-state index in [0.29, 0.717) is 11.3 Å². The Kier molecular flexibility index (Phi) is 4.55. The fourth-order valence-electron chi connectivity index (χ4n) is 2.69. The summed E-state index contributed by atoms with van der Waals surface area (Å²) in [5.41, 5.74) is 0.300. The highest BCUT2D eigenvalue weighted by molar-refractivity contribution is 9.10. The third-order valence-corrected chi connectivity index (χ3v) is 4.55. The van der Waals surface area contributed by atoms with E-state index in [1.807, 2.05) is 0 Å². The molecule has 0 saturated carbocycles. The number of amides is 2. The lowest BCUT2D eigenvalue weighted by Gasteiger charge is -2.25. The largest absolute Gasteiger partial charge is 0.417 e. The molecule has 25 heavy (non-hydrogen) atoms. The maximum atomic E-state index is 13.0. The van der Waals surface area contributed by atoms with Crippen LogP contribution in [-0.2, 0) is 15.8 Å². The van der Waals surface area contributed by atoms with Crippen LogP contribution in [0.2, 0.25) is 0 Å². The number of hydrogen-bond donors (Lipinski definition) is 2. The Hall–Kier alpha value is -2.35. The van der Waals surface area contributed by atoms with Crippen LogP contribution in [-0.4, -0.2) is 11.8 Å². The third-order valence-electron chi connectivity index (χ3n) is 3.86. The Balaban J connectivity index is 1.87. The minimum Gasteiger partial charge on any atom is -0.326 e. The molecule has 0 saturated heterocycles. The summed E-state index contributed by atoms with van der Waals surface area (Å²) in [7, 11) is 0. The van der Waals surface area contributed by atoms with Crippen LogP contribution in [0.3, 0.4) is 0 Å². The van der Waals surface area contributed by atoms with Gasteiger partial charge in [-0.25, -0.2) is 0 Å². The van der Waals surface area contributed by atoms with Crippen LogP contribution in [0, 0.1) is 0 Å². The van der Waals surface area contributed by atoms with E-state index in [-0.39, 0.29) is 22.5 Å². The highest BCUT2D eigenvalue weighted by atomic mass is 79.9. The number of rotatable bonds is 2. The maximum Gasteiger partial charge on any atom is 0.417 e.